The van der Waals surface area contributed by atoms with Crippen molar-refractivity contribution in [3.05, 3.63) is 43.0 Å². The highest BCUT2D eigenvalue weighted by Crippen LogP contribution is 2.38. The average molecular weight is 432 g/mol. The molecule has 7 heteroatoms. The van der Waals surface area contributed by atoms with Crippen LogP contribution in [0.15, 0.2) is 47.3 Å². The molecule has 0 aliphatic rings. The van der Waals surface area contributed by atoms with Crippen molar-refractivity contribution in [3.8, 4) is 11.3 Å². The van der Waals surface area contributed by atoms with Crippen LogP contribution in [0.5, 0.6) is 0 Å². The standard InChI is InChI=1S/C22H29N3O2S2/c1-4-10-17(11-5-2)20(27)25-21-19(16-12-8-7-9-13-16)24-22(29-21)28-15-18(26)23-14-6-3/h6-9,12-13,17H,3-5,10-11,14-15H2,1-2H3,(H,23,26)(H,25,27). The molecule has 0 atom stereocenters. The molecule has 0 aliphatic carbocycles. The van der Waals surface area contributed by atoms with Crippen LogP contribution >= 0.6 is 23.1 Å². The molecule has 2 amide bonds. The number of amides is 2. The zero-order valence-electron chi connectivity index (χ0n) is 17.1. The van der Waals surface area contributed by atoms with Gasteiger partial charge in [-0.05, 0) is 12.8 Å². The van der Waals surface area contributed by atoms with E-state index in [4.69, 9.17) is 4.98 Å². The summed E-state index contributed by atoms with van der Waals surface area (Å²) in [6.07, 6.45) is 5.37. The van der Waals surface area contributed by atoms with E-state index in [-0.39, 0.29) is 23.5 Å². The summed E-state index contributed by atoms with van der Waals surface area (Å²) in [5.41, 5.74) is 1.70. The number of hydrogen-bond acceptors (Lipinski definition) is 5. The quantitative estimate of drug-likeness (QED) is 0.351. The predicted octanol–water partition coefficient (Wildman–Crippen LogP) is 5.36. The van der Waals surface area contributed by atoms with E-state index in [1.165, 1.54) is 23.1 Å². The molecular formula is C22H29N3O2S2. The number of benzene rings is 1. The van der Waals surface area contributed by atoms with Gasteiger partial charge in [0.05, 0.1) is 5.75 Å². The summed E-state index contributed by atoms with van der Waals surface area (Å²) in [6, 6.07) is 9.81. The van der Waals surface area contributed by atoms with E-state index in [9.17, 15) is 9.59 Å². The Labute approximate surface area is 181 Å². The lowest BCUT2D eigenvalue weighted by Gasteiger charge is -2.15. The van der Waals surface area contributed by atoms with E-state index in [1.807, 2.05) is 30.3 Å². The van der Waals surface area contributed by atoms with Gasteiger partial charge in [0, 0.05) is 18.0 Å². The highest BCUT2D eigenvalue weighted by molar-refractivity contribution is 8.01. The van der Waals surface area contributed by atoms with Crippen LogP contribution in [0.2, 0.25) is 0 Å². The monoisotopic (exact) mass is 431 g/mol. The lowest BCUT2D eigenvalue weighted by Crippen LogP contribution is -2.24. The highest BCUT2D eigenvalue weighted by Gasteiger charge is 2.21. The van der Waals surface area contributed by atoms with Crippen LogP contribution in [-0.4, -0.2) is 29.1 Å². The number of nitrogens with zero attached hydrogens (tertiary/aromatic N) is 1. The first kappa shape index (κ1) is 23.2. The Hall–Kier alpha value is -2.12. The Morgan fingerprint density at radius 2 is 1.90 bits per heavy atom. The van der Waals surface area contributed by atoms with Gasteiger partial charge in [-0.1, -0.05) is 86.2 Å². The molecular weight excluding hydrogens is 402 g/mol. The summed E-state index contributed by atoms with van der Waals surface area (Å²) in [6.45, 7) is 8.25. The second-order valence-electron chi connectivity index (χ2n) is 6.67. The molecule has 0 saturated heterocycles. The molecule has 0 aliphatic heterocycles. The van der Waals surface area contributed by atoms with Crippen LogP contribution in [0.4, 0.5) is 5.00 Å². The molecule has 2 rings (SSSR count). The fourth-order valence-corrected chi connectivity index (χ4v) is 4.82. The van der Waals surface area contributed by atoms with Crippen LogP contribution < -0.4 is 10.6 Å². The van der Waals surface area contributed by atoms with E-state index < -0.39 is 0 Å². The molecule has 5 nitrogen and oxygen atoms in total. The zero-order chi connectivity index (χ0) is 21.1. The number of aromatic nitrogens is 1. The smallest absolute Gasteiger partial charge is 0.230 e. The van der Waals surface area contributed by atoms with Crippen LogP contribution in [0.25, 0.3) is 11.3 Å². The van der Waals surface area contributed by atoms with Gasteiger partial charge < -0.3 is 10.6 Å². The van der Waals surface area contributed by atoms with Crippen LogP contribution in [0.3, 0.4) is 0 Å². The first-order valence-electron chi connectivity index (χ1n) is 9.96. The van der Waals surface area contributed by atoms with Crippen molar-refractivity contribution < 1.29 is 9.59 Å². The largest absolute Gasteiger partial charge is 0.352 e. The third-order valence-electron chi connectivity index (χ3n) is 4.31. The third kappa shape index (κ3) is 7.33. The van der Waals surface area contributed by atoms with Crippen molar-refractivity contribution in [2.75, 3.05) is 17.6 Å². The number of nitrogens with one attached hydrogen (secondary N) is 2. The maximum Gasteiger partial charge on any atom is 0.230 e. The first-order valence-corrected chi connectivity index (χ1v) is 11.8. The SMILES string of the molecule is C=CCNC(=O)CSc1nc(-c2ccccc2)c(NC(=O)C(CCC)CCC)s1. The molecule has 1 aromatic carbocycles. The summed E-state index contributed by atoms with van der Waals surface area (Å²) in [4.78, 5) is 29.4. The van der Waals surface area contributed by atoms with E-state index in [2.05, 4.69) is 31.1 Å². The molecule has 0 fully saturated rings. The van der Waals surface area contributed by atoms with Crippen molar-refractivity contribution in [2.45, 2.75) is 43.9 Å². The first-order chi connectivity index (χ1) is 14.1. The molecule has 0 spiro atoms. The van der Waals surface area contributed by atoms with Gasteiger partial charge in [-0.2, -0.15) is 0 Å². The minimum absolute atomic E-state index is 0.0107. The lowest BCUT2D eigenvalue weighted by molar-refractivity contribution is -0.120. The molecule has 156 valence electrons. The fraction of sp³-hybridized carbons (Fsp3) is 0.409. The summed E-state index contributed by atoms with van der Waals surface area (Å²) in [5.74, 6) is 0.270. The van der Waals surface area contributed by atoms with Gasteiger partial charge in [0.15, 0.2) is 4.34 Å². The summed E-state index contributed by atoms with van der Waals surface area (Å²) >= 11 is 2.80. The van der Waals surface area contributed by atoms with E-state index in [0.717, 1.165) is 46.3 Å². The highest BCUT2D eigenvalue weighted by atomic mass is 32.2. The fourth-order valence-electron chi connectivity index (χ4n) is 2.92. The number of carbonyl (C=O) groups excluding carboxylic acids is 2. The Bertz CT molecular complexity index is 800. The Morgan fingerprint density at radius 3 is 2.52 bits per heavy atom. The molecule has 2 N–H and O–H groups in total. The van der Waals surface area contributed by atoms with Gasteiger partial charge in [-0.15, -0.1) is 6.58 Å². The minimum atomic E-state index is -0.0668. The maximum absolute atomic E-state index is 12.9. The number of thiazole rings is 1. The molecule has 0 saturated carbocycles. The number of hydrogen-bond donors (Lipinski definition) is 2. The maximum atomic E-state index is 12.9. The van der Waals surface area contributed by atoms with Crippen LogP contribution in [-0.2, 0) is 9.59 Å². The predicted molar refractivity (Wildman–Crippen MR) is 123 cm³/mol. The van der Waals surface area contributed by atoms with E-state index in [1.54, 1.807) is 6.08 Å². The van der Waals surface area contributed by atoms with Gasteiger partial charge in [-0.25, -0.2) is 4.98 Å². The number of anilines is 1. The van der Waals surface area contributed by atoms with Crippen molar-refractivity contribution in [2.24, 2.45) is 5.92 Å². The minimum Gasteiger partial charge on any atom is -0.352 e. The summed E-state index contributed by atoms with van der Waals surface area (Å²) in [5, 5.41) is 6.61. The molecule has 2 aromatic rings. The third-order valence-corrected chi connectivity index (χ3v) is 6.42. The summed E-state index contributed by atoms with van der Waals surface area (Å²) in [7, 11) is 0. The topological polar surface area (TPSA) is 71.1 Å². The van der Waals surface area contributed by atoms with Crippen LogP contribution in [0, 0.1) is 5.92 Å². The molecule has 0 bridgehead atoms. The van der Waals surface area contributed by atoms with Crippen molar-refractivity contribution in [1.82, 2.24) is 10.3 Å². The number of rotatable bonds is 12. The molecule has 0 unspecified atom stereocenters. The van der Waals surface area contributed by atoms with Gasteiger partial charge >= 0.3 is 0 Å². The second kappa shape index (κ2) is 12.4. The Kier molecular flexibility index (Phi) is 9.94. The second-order valence-corrected chi connectivity index (χ2v) is 8.89. The Balaban J connectivity index is 2.20. The zero-order valence-corrected chi connectivity index (χ0v) is 18.7. The Morgan fingerprint density at radius 1 is 1.21 bits per heavy atom. The van der Waals surface area contributed by atoms with Gasteiger partial charge in [0.1, 0.15) is 10.7 Å². The van der Waals surface area contributed by atoms with Gasteiger partial charge in [0.25, 0.3) is 0 Å². The number of carbonyl (C=O) groups is 2. The van der Waals surface area contributed by atoms with Crippen molar-refractivity contribution >= 4 is 39.9 Å². The van der Waals surface area contributed by atoms with Crippen LogP contribution in [0.1, 0.15) is 39.5 Å². The molecule has 1 aromatic heterocycles. The number of thioether (sulfide) groups is 1. The van der Waals surface area contributed by atoms with Crippen molar-refractivity contribution in [1.29, 1.82) is 0 Å². The van der Waals surface area contributed by atoms with Gasteiger partial charge in [0.2, 0.25) is 11.8 Å². The van der Waals surface area contributed by atoms with E-state index in [0.29, 0.717) is 6.54 Å². The molecule has 1 heterocycles. The van der Waals surface area contributed by atoms with Crippen molar-refractivity contribution in [3.63, 3.8) is 0 Å². The molecule has 29 heavy (non-hydrogen) atoms. The normalized spacial score (nSPS) is 10.7. The summed E-state index contributed by atoms with van der Waals surface area (Å²) < 4.78 is 0.760. The lowest BCUT2D eigenvalue weighted by atomic mass is 9.97. The average Bonchev–Trinajstić information content (AvgIpc) is 3.13. The van der Waals surface area contributed by atoms with E-state index >= 15 is 0 Å². The van der Waals surface area contributed by atoms with Gasteiger partial charge in [-0.3, -0.25) is 9.59 Å². The molecule has 0 radical (unpaired) electrons.